The van der Waals surface area contributed by atoms with E-state index < -0.39 is 110 Å². The van der Waals surface area contributed by atoms with Gasteiger partial charge in [0, 0.05) is 17.8 Å². The summed E-state index contributed by atoms with van der Waals surface area (Å²) in [5.74, 6) is 0.665. The highest BCUT2D eigenvalue weighted by atomic mass is 16.8. The molecule has 0 radical (unpaired) electrons. The topological polar surface area (TPSA) is 256 Å². The van der Waals surface area contributed by atoms with Gasteiger partial charge in [0.05, 0.1) is 38.1 Å². The third-order valence-corrected chi connectivity index (χ3v) is 17.6. The summed E-state index contributed by atoms with van der Waals surface area (Å²) in [7, 11) is 0. The lowest BCUT2D eigenvalue weighted by molar-refractivity contribution is -0.390. The van der Waals surface area contributed by atoms with Crippen molar-refractivity contribution in [2.45, 2.75) is 202 Å². The normalized spacial score (nSPS) is 58.4. The molecule has 0 aromatic heterocycles. The van der Waals surface area contributed by atoms with Crippen LogP contribution < -0.4 is 0 Å². The predicted octanol–water partition coefficient (Wildman–Crippen LogP) is -0.0319. The minimum absolute atomic E-state index is 0.118. The summed E-state index contributed by atoms with van der Waals surface area (Å²) in [4.78, 5) is 0. The van der Waals surface area contributed by atoms with Crippen molar-refractivity contribution in [3.05, 3.63) is 11.6 Å². The number of hydrogen-bond acceptors (Lipinski definition) is 17. The molecule has 9 rings (SSSR count). The highest BCUT2D eigenvalue weighted by Crippen LogP contribution is 2.72. The average molecular weight is 871 g/mol. The standard InChI is InChI=1S/C44H70O17/c1-19-8-13-43(55-17-19)21(3)44(53)29(61-43)15-26-24-7-6-22-14-23(9-11-41(22,4)25(24)10-12-42(26,44)5)57-40-37(60-39-35(52)33(50)30(47)20(2)56-39)36(32(49)28(16-45)58-40)59-38-34(51)31(48)27(46)18-54-38/h6,19-21,23-40,45-53H,7-18H2,1-5H3/t19-,20+,21-,23+,24-,25+,26+,27-,28-,29+,30+,31+,32-,33-,34-,35-,36+,37-,38+,39+,40-,41+,42+,43-,44-/m1/s1. The van der Waals surface area contributed by atoms with E-state index in [2.05, 4.69) is 33.8 Å². The molecule has 0 aromatic carbocycles. The Hall–Kier alpha value is -0.940. The Kier molecular flexibility index (Phi) is 12.2. The highest BCUT2D eigenvalue weighted by Gasteiger charge is 2.76. The van der Waals surface area contributed by atoms with Crippen molar-refractivity contribution in [3.8, 4) is 0 Å². The molecule has 0 unspecified atom stereocenters. The van der Waals surface area contributed by atoms with Crippen LogP contribution in [0.2, 0.25) is 0 Å². The van der Waals surface area contributed by atoms with Crippen LogP contribution in [0.25, 0.3) is 0 Å². The summed E-state index contributed by atoms with van der Waals surface area (Å²) < 4.78 is 49.8. The lowest BCUT2D eigenvalue weighted by Gasteiger charge is -2.60. The quantitative estimate of drug-likeness (QED) is 0.152. The first-order valence-corrected chi connectivity index (χ1v) is 22.9. The molecular formula is C44H70O17. The molecule has 8 fully saturated rings. The first-order chi connectivity index (χ1) is 28.9. The minimum atomic E-state index is -1.73. The lowest BCUT2D eigenvalue weighted by Crippen LogP contribution is -2.66. The summed E-state index contributed by atoms with van der Waals surface area (Å²) in [6.07, 6.45) is -11.7. The fraction of sp³-hybridized carbons (Fsp3) is 0.955. The Morgan fingerprint density at radius 1 is 0.738 bits per heavy atom. The number of fused-ring (bicyclic) bond motifs is 7. The van der Waals surface area contributed by atoms with Gasteiger partial charge in [-0.1, -0.05) is 39.3 Å². The van der Waals surface area contributed by atoms with E-state index in [4.69, 9.17) is 37.9 Å². The second-order valence-corrected chi connectivity index (χ2v) is 20.7. The van der Waals surface area contributed by atoms with Gasteiger partial charge in [-0.15, -0.1) is 0 Å². The van der Waals surface area contributed by atoms with Gasteiger partial charge in [-0.2, -0.15) is 0 Å². The van der Waals surface area contributed by atoms with Crippen LogP contribution in [0.1, 0.15) is 92.4 Å². The summed E-state index contributed by atoms with van der Waals surface area (Å²) >= 11 is 0. The predicted molar refractivity (Wildman–Crippen MR) is 210 cm³/mol. The van der Waals surface area contributed by atoms with Gasteiger partial charge in [0.15, 0.2) is 24.7 Å². The minimum Gasteiger partial charge on any atom is -0.394 e. The zero-order chi connectivity index (χ0) is 43.6. The highest BCUT2D eigenvalue weighted by molar-refractivity contribution is 5.29. The van der Waals surface area contributed by atoms with Crippen molar-refractivity contribution in [2.75, 3.05) is 19.8 Å². The summed E-state index contributed by atoms with van der Waals surface area (Å²) in [6, 6.07) is 0. The molecule has 4 aliphatic carbocycles. The van der Waals surface area contributed by atoms with Crippen LogP contribution in [0.15, 0.2) is 11.6 Å². The van der Waals surface area contributed by atoms with Gasteiger partial charge in [0.25, 0.3) is 0 Å². The van der Waals surface area contributed by atoms with Crippen molar-refractivity contribution in [3.63, 3.8) is 0 Å². The van der Waals surface area contributed by atoms with E-state index >= 15 is 0 Å². The fourth-order valence-corrected chi connectivity index (χ4v) is 13.7. The van der Waals surface area contributed by atoms with Crippen LogP contribution in [-0.4, -0.2) is 175 Å². The molecule has 61 heavy (non-hydrogen) atoms. The second-order valence-electron chi connectivity index (χ2n) is 20.7. The van der Waals surface area contributed by atoms with Crippen molar-refractivity contribution < 1.29 is 83.9 Å². The third kappa shape index (κ3) is 7.06. The zero-order valence-corrected chi connectivity index (χ0v) is 36.0. The molecule has 348 valence electrons. The van der Waals surface area contributed by atoms with Crippen LogP contribution in [0.5, 0.6) is 0 Å². The van der Waals surface area contributed by atoms with Gasteiger partial charge in [-0.25, -0.2) is 0 Å². The second kappa shape index (κ2) is 16.4. The van der Waals surface area contributed by atoms with Gasteiger partial charge in [0.2, 0.25) is 0 Å². The van der Waals surface area contributed by atoms with E-state index in [0.717, 1.165) is 44.9 Å². The molecule has 17 nitrogen and oxygen atoms in total. The Balaban J connectivity index is 0.941. The van der Waals surface area contributed by atoms with E-state index in [-0.39, 0.29) is 35.4 Å². The zero-order valence-electron chi connectivity index (χ0n) is 36.0. The van der Waals surface area contributed by atoms with Gasteiger partial charge in [0.1, 0.15) is 66.6 Å². The molecule has 5 aliphatic heterocycles. The van der Waals surface area contributed by atoms with E-state index in [1.165, 1.54) is 12.5 Å². The van der Waals surface area contributed by atoms with Crippen LogP contribution >= 0.6 is 0 Å². The van der Waals surface area contributed by atoms with E-state index in [1.54, 1.807) is 0 Å². The number of rotatable bonds is 7. The molecule has 9 aliphatic rings. The summed E-state index contributed by atoms with van der Waals surface area (Å²) in [6.45, 7) is 10.1. The molecule has 3 saturated carbocycles. The molecule has 0 amide bonds. The van der Waals surface area contributed by atoms with Gasteiger partial charge in [-0.3, -0.25) is 0 Å². The van der Waals surface area contributed by atoms with E-state index in [0.29, 0.717) is 37.2 Å². The molecule has 9 N–H and O–H groups in total. The fourth-order valence-electron chi connectivity index (χ4n) is 13.7. The van der Waals surface area contributed by atoms with Crippen LogP contribution in [0.4, 0.5) is 0 Å². The molecular weight excluding hydrogens is 800 g/mol. The number of allylic oxidation sites excluding steroid dienone is 1. The SMILES string of the molecule is C[C@@H]1CC[C@@]2(OC1)O[C@H]1C[C@H]3[C@@H]4CC=C5C[C@@H](O[C@@H]6O[C@H](CO)[C@@H](O)[C@H](O[C@@H]7OC[C@@H](O)[C@H](O)[C@H]7O)[C@H]6O[C@@H]6O[C@@H](C)[C@H](O)[C@@H](O)[C@H]6O)CC[C@]5(C)[C@H]4CC[C@]3(C)[C@@]1(O)[C@@H]2C. The Morgan fingerprint density at radius 2 is 1.48 bits per heavy atom. The Labute approximate surface area is 357 Å². The summed E-state index contributed by atoms with van der Waals surface area (Å²) in [5.41, 5.74) is -0.126. The molecule has 17 heteroatoms. The smallest absolute Gasteiger partial charge is 0.187 e. The first kappa shape index (κ1) is 45.2. The van der Waals surface area contributed by atoms with Crippen LogP contribution in [0.3, 0.4) is 0 Å². The van der Waals surface area contributed by atoms with E-state index in [9.17, 15) is 46.0 Å². The molecule has 0 aromatic rings. The number of hydrogen-bond donors (Lipinski definition) is 9. The number of ether oxygens (including phenoxy) is 8. The van der Waals surface area contributed by atoms with Gasteiger partial charge in [-0.05, 0) is 87.4 Å². The molecule has 5 saturated heterocycles. The van der Waals surface area contributed by atoms with Crippen LogP contribution in [-0.2, 0) is 37.9 Å². The summed E-state index contributed by atoms with van der Waals surface area (Å²) in [5, 5.41) is 97.9. The van der Waals surface area contributed by atoms with E-state index in [1.807, 2.05) is 0 Å². The molecule has 0 bridgehead atoms. The molecule has 25 atom stereocenters. The van der Waals surface area contributed by atoms with Crippen molar-refractivity contribution in [2.24, 2.45) is 40.4 Å². The maximum absolute atomic E-state index is 12.8. The maximum Gasteiger partial charge on any atom is 0.187 e. The van der Waals surface area contributed by atoms with Crippen molar-refractivity contribution in [1.29, 1.82) is 0 Å². The maximum atomic E-state index is 12.8. The molecule has 1 spiro atoms. The Morgan fingerprint density at radius 3 is 2.20 bits per heavy atom. The number of aliphatic hydroxyl groups is 9. The van der Waals surface area contributed by atoms with Crippen molar-refractivity contribution >= 4 is 0 Å². The van der Waals surface area contributed by atoms with Gasteiger partial charge >= 0.3 is 0 Å². The lowest BCUT2D eigenvalue weighted by atomic mass is 9.46. The monoisotopic (exact) mass is 870 g/mol. The van der Waals surface area contributed by atoms with Crippen LogP contribution in [0, 0.1) is 40.4 Å². The molecule has 5 heterocycles. The van der Waals surface area contributed by atoms with Gasteiger partial charge < -0.3 is 83.9 Å². The Bertz CT molecular complexity index is 1610. The van der Waals surface area contributed by atoms with Crippen molar-refractivity contribution in [1.82, 2.24) is 0 Å². The average Bonchev–Trinajstić information content (AvgIpc) is 3.59. The first-order valence-electron chi connectivity index (χ1n) is 22.9. The number of aliphatic hydroxyl groups excluding tert-OH is 8. The third-order valence-electron chi connectivity index (χ3n) is 17.6. The largest absolute Gasteiger partial charge is 0.394 e.